The second-order valence-corrected chi connectivity index (χ2v) is 7.52. The van der Waals surface area contributed by atoms with Crippen LogP contribution < -0.4 is 5.32 Å². The molecule has 0 aromatic carbocycles. The van der Waals surface area contributed by atoms with Crippen LogP contribution in [0.25, 0.3) is 0 Å². The Morgan fingerprint density at radius 3 is 2.95 bits per heavy atom. The van der Waals surface area contributed by atoms with E-state index in [-0.39, 0.29) is 17.4 Å². The Morgan fingerprint density at radius 2 is 2.25 bits per heavy atom. The predicted molar refractivity (Wildman–Crippen MR) is 75.6 cm³/mol. The molecule has 0 amide bonds. The third-order valence-electron chi connectivity index (χ3n) is 3.78. The van der Waals surface area contributed by atoms with Crippen LogP contribution in [0.5, 0.6) is 0 Å². The lowest BCUT2D eigenvalue weighted by Gasteiger charge is -2.21. The molecule has 1 atom stereocenters. The molecule has 1 N–H and O–H groups in total. The van der Waals surface area contributed by atoms with E-state index >= 15 is 0 Å². The Balaban J connectivity index is 1.97. The van der Waals surface area contributed by atoms with Gasteiger partial charge < -0.3 is 10.1 Å². The average molecular weight is 297 g/mol. The summed E-state index contributed by atoms with van der Waals surface area (Å²) in [5, 5.41) is 3.24. The molecule has 20 heavy (non-hydrogen) atoms. The number of rotatable bonds is 3. The van der Waals surface area contributed by atoms with Gasteiger partial charge in [-0.25, -0.2) is 18.4 Å². The van der Waals surface area contributed by atoms with Crippen LogP contribution in [0.4, 0.5) is 5.82 Å². The summed E-state index contributed by atoms with van der Waals surface area (Å²) < 4.78 is 28.7. The van der Waals surface area contributed by atoms with Gasteiger partial charge in [0.1, 0.15) is 11.6 Å². The summed E-state index contributed by atoms with van der Waals surface area (Å²) in [5.41, 5.74) is 2.02. The number of fused-ring (bicyclic) bond motifs is 1. The number of hydrogen-bond acceptors (Lipinski definition) is 6. The molecule has 1 aromatic heterocycles. The average Bonchev–Trinajstić information content (AvgIpc) is 2.79. The maximum absolute atomic E-state index is 11.6. The third-order valence-corrected chi connectivity index (χ3v) is 5.55. The zero-order valence-electron chi connectivity index (χ0n) is 11.6. The number of hydrogen-bond donors (Lipinski definition) is 1. The number of ether oxygens (including phenoxy) is 1. The van der Waals surface area contributed by atoms with Crippen LogP contribution in [0, 0.1) is 0 Å². The smallest absolute Gasteiger partial charge is 0.151 e. The standard InChI is InChI=1S/C13H19N3O3S/c1-2-14-13-10-7-19-5-3-11(10)15-12(16-13)9-4-6-20(17,18)8-9/h9H,2-8H2,1H3,(H,14,15,16). The van der Waals surface area contributed by atoms with Crippen molar-refractivity contribution in [2.24, 2.45) is 0 Å². The van der Waals surface area contributed by atoms with E-state index in [2.05, 4.69) is 15.3 Å². The lowest BCUT2D eigenvalue weighted by molar-refractivity contribution is 0.109. The Labute approximate surface area is 118 Å². The first-order chi connectivity index (χ1) is 9.59. The fraction of sp³-hybridized carbons (Fsp3) is 0.692. The van der Waals surface area contributed by atoms with Crippen LogP contribution in [0.1, 0.15) is 36.3 Å². The summed E-state index contributed by atoms with van der Waals surface area (Å²) in [6, 6.07) is 0. The molecule has 3 heterocycles. The molecule has 1 aromatic rings. The molecule has 7 heteroatoms. The summed E-state index contributed by atoms with van der Waals surface area (Å²) in [5.74, 6) is 1.83. The summed E-state index contributed by atoms with van der Waals surface area (Å²) >= 11 is 0. The molecule has 0 spiro atoms. The van der Waals surface area contributed by atoms with Crippen molar-refractivity contribution >= 4 is 15.7 Å². The van der Waals surface area contributed by atoms with E-state index in [0.717, 1.165) is 30.0 Å². The maximum Gasteiger partial charge on any atom is 0.151 e. The number of nitrogens with one attached hydrogen (secondary N) is 1. The molecule has 1 saturated heterocycles. The SMILES string of the molecule is CCNc1nc(C2CCS(=O)(=O)C2)nc2c1COCC2. The van der Waals surface area contributed by atoms with Gasteiger partial charge in [-0.05, 0) is 13.3 Å². The molecule has 0 bridgehead atoms. The molecule has 1 unspecified atom stereocenters. The first kappa shape index (κ1) is 13.8. The van der Waals surface area contributed by atoms with E-state index in [1.54, 1.807) is 0 Å². The van der Waals surface area contributed by atoms with Gasteiger partial charge in [-0.3, -0.25) is 0 Å². The lowest BCUT2D eigenvalue weighted by atomic mass is 10.1. The van der Waals surface area contributed by atoms with E-state index in [1.807, 2.05) is 6.92 Å². The van der Waals surface area contributed by atoms with Crippen molar-refractivity contribution in [3.05, 3.63) is 17.1 Å². The van der Waals surface area contributed by atoms with Crippen LogP contribution in [-0.2, 0) is 27.6 Å². The summed E-state index contributed by atoms with van der Waals surface area (Å²) in [6.07, 6.45) is 1.39. The van der Waals surface area contributed by atoms with Gasteiger partial charge >= 0.3 is 0 Å². The van der Waals surface area contributed by atoms with Crippen molar-refractivity contribution in [1.82, 2.24) is 9.97 Å². The third kappa shape index (κ3) is 2.64. The number of sulfone groups is 1. The Bertz CT molecular complexity index is 616. The first-order valence-electron chi connectivity index (χ1n) is 7.01. The maximum atomic E-state index is 11.6. The zero-order valence-corrected chi connectivity index (χ0v) is 12.4. The number of aromatic nitrogens is 2. The van der Waals surface area contributed by atoms with Crippen LogP contribution in [0.3, 0.4) is 0 Å². The Hall–Kier alpha value is -1.21. The highest BCUT2D eigenvalue weighted by Gasteiger charge is 2.32. The van der Waals surface area contributed by atoms with E-state index in [4.69, 9.17) is 4.74 Å². The van der Waals surface area contributed by atoms with Crippen LogP contribution in [0.15, 0.2) is 0 Å². The number of anilines is 1. The summed E-state index contributed by atoms with van der Waals surface area (Å²) in [6.45, 7) is 3.97. The van der Waals surface area contributed by atoms with Gasteiger partial charge in [-0.2, -0.15) is 0 Å². The molecule has 0 aliphatic carbocycles. The Kier molecular flexibility index (Phi) is 3.64. The molecule has 2 aliphatic rings. The second-order valence-electron chi connectivity index (χ2n) is 5.29. The molecule has 1 fully saturated rings. The van der Waals surface area contributed by atoms with E-state index < -0.39 is 9.84 Å². The van der Waals surface area contributed by atoms with Crippen molar-refractivity contribution in [3.63, 3.8) is 0 Å². The van der Waals surface area contributed by atoms with Gasteiger partial charge in [0.2, 0.25) is 0 Å². The van der Waals surface area contributed by atoms with Gasteiger partial charge in [0.25, 0.3) is 0 Å². The molecule has 110 valence electrons. The minimum absolute atomic E-state index is 0.0643. The molecule has 2 aliphatic heterocycles. The normalized spacial score (nSPS) is 24.4. The van der Waals surface area contributed by atoms with Crippen molar-refractivity contribution in [2.45, 2.75) is 32.3 Å². The monoisotopic (exact) mass is 297 g/mol. The molecule has 6 nitrogen and oxygen atoms in total. The lowest BCUT2D eigenvalue weighted by Crippen LogP contribution is -2.19. The molecule has 0 radical (unpaired) electrons. The van der Waals surface area contributed by atoms with Crippen molar-refractivity contribution in [2.75, 3.05) is 30.0 Å². The quantitative estimate of drug-likeness (QED) is 0.892. The van der Waals surface area contributed by atoms with Crippen LogP contribution >= 0.6 is 0 Å². The van der Waals surface area contributed by atoms with Gasteiger partial charge in [0.05, 0.1) is 30.4 Å². The highest BCUT2D eigenvalue weighted by atomic mass is 32.2. The minimum atomic E-state index is -2.92. The summed E-state index contributed by atoms with van der Waals surface area (Å²) in [4.78, 5) is 9.16. The van der Waals surface area contributed by atoms with Gasteiger partial charge in [0.15, 0.2) is 9.84 Å². The topological polar surface area (TPSA) is 81.2 Å². The molecule has 0 saturated carbocycles. The molecule has 3 rings (SSSR count). The molecular formula is C13H19N3O3S. The van der Waals surface area contributed by atoms with E-state index in [9.17, 15) is 8.42 Å². The largest absolute Gasteiger partial charge is 0.376 e. The number of nitrogens with zero attached hydrogens (tertiary/aromatic N) is 2. The Morgan fingerprint density at radius 1 is 1.40 bits per heavy atom. The minimum Gasteiger partial charge on any atom is -0.376 e. The highest BCUT2D eigenvalue weighted by molar-refractivity contribution is 7.91. The molecular weight excluding hydrogens is 278 g/mol. The van der Waals surface area contributed by atoms with Crippen molar-refractivity contribution < 1.29 is 13.2 Å². The fourth-order valence-corrected chi connectivity index (χ4v) is 4.48. The zero-order chi connectivity index (χ0) is 14.2. The summed E-state index contributed by atoms with van der Waals surface area (Å²) in [7, 11) is -2.92. The van der Waals surface area contributed by atoms with E-state index in [0.29, 0.717) is 25.5 Å². The fourth-order valence-electron chi connectivity index (χ4n) is 2.75. The van der Waals surface area contributed by atoms with Crippen molar-refractivity contribution in [3.8, 4) is 0 Å². The van der Waals surface area contributed by atoms with Gasteiger partial charge in [-0.15, -0.1) is 0 Å². The first-order valence-corrected chi connectivity index (χ1v) is 8.83. The highest BCUT2D eigenvalue weighted by Crippen LogP contribution is 2.30. The second kappa shape index (κ2) is 5.29. The predicted octanol–water partition coefficient (Wildman–Crippen LogP) is 0.883. The van der Waals surface area contributed by atoms with Crippen molar-refractivity contribution in [1.29, 1.82) is 0 Å². The van der Waals surface area contributed by atoms with Gasteiger partial charge in [0, 0.05) is 24.4 Å². The van der Waals surface area contributed by atoms with Crippen LogP contribution in [0.2, 0.25) is 0 Å². The van der Waals surface area contributed by atoms with Gasteiger partial charge in [-0.1, -0.05) is 0 Å². The van der Waals surface area contributed by atoms with E-state index in [1.165, 1.54) is 0 Å². The van der Waals surface area contributed by atoms with Crippen LogP contribution in [-0.4, -0.2) is 43.0 Å².